The van der Waals surface area contributed by atoms with Crippen molar-refractivity contribution >= 4 is 5.52 Å². The zero-order chi connectivity index (χ0) is 11.0. The summed E-state index contributed by atoms with van der Waals surface area (Å²) < 4.78 is 2.13. The van der Waals surface area contributed by atoms with Crippen LogP contribution in [-0.2, 0) is 6.42 Å². The minimum atomic E-state index is -0.0119. The Morgan fingerprint density at radius 1 is 1.53 bits per heavy atom. The highest BCUT2D eigenvalue weighted by molar-refractivity contribution is 5.56. The van der Waals surface area contributed by atoms with Crippen LogP contribution in [0.15, 0.2) is 18.3 Å². The van der Waals surface area contributed by atoms with Gasteiger partial charge in [0.15, 0.2) is 0 Å². The van der Waals surface area contributed by atoms with Crippen LogP contribution in [0.3, 0.4) is 0 Å². The van der Waals surface area contributed by atoms with Gasteiger partial charge in [-0.15, -0.1) is 0 Å². The Morgan fingerprint density at radius 3 is 2.87 bits per heavy atom. The van der Waals surface area contributed by atoms with Crippen molar-refractivity contribution in [3.8, 4) is 0 Å². The molecule has 0 aliphatic rings. The number of rotatable bonds is 2. The summed E-state index contributed by atoms with van der Waals surface area (Å²) in [6, 6.07) is 4.23. The molecule has 2 heterocycles. The molecule has 0 amide bonds. The smallest absolute Gasteiger partial charge is 0.113 e. The normalized spacial score (nSPS) is 13.3. The molecule has 2 aromatic rings. The second-order valence-corrected chi connectivity index (χ2v) is 4.01. The average Bonchev–Trinajstić information content (AvgIpc) is 2.55. The van der Waals surface area contributed by atoms with Crippen LogP contribution in [0.4, 0.5) is 0 Å². The van der Waals surface area contributed by atoms with Crippen LogP contribution in [0, 0.1) is 6.92 Å². The lowest BCUT2D eigenvalue weighted by molar-refractivity contribution is 0.788. The number of hydrogen-bond donors (Lipinski definition) is 1. The summed E-state index contributed by atoms with van der Waals surface area (Å²) in [7, 11) is 0. The molecule has 0 aromatic carbocycles. The predicted octanol–water partition coefficient (Wildman–Crippen LogP) is 2.22. The highest BCUT2D eigenvalue weighted by Crippen LogP contribution is 2.19. The third-order valence-electron chi connectivity index (χ3n) is 2.65. The maximum Gasteiger partial charge on any atom is 0.113 e. The summed E-state index contributed by atoms with van der Waals surface area (Å²) in [4.78, 5) is 4.59. The van der Waals surface area contributed by atoms with Crippen LogP contribution in [0.25, 0.3) is 5.52 Å². The summed E-state index contributed by atoms with van der Waals surface area (Å²) in [5.41, 5.74) is 9.30. The largest absolute Gasteiger partial charge is 0.323 e. The molecular formula is C12H17N3. The zero-order valence-electron chi connectivity index (χ0n) is 9.49. The van der Waals surface area contributed by atoms with E-state index in [9.17, 15) is 0 Å². The van der Waals surface area contributed by atoms with Crippen LogP contribution in [-0.4, -0.2) is 9.38 Å². The molecule has 0 aliphatic heterocycles. The van der Waals surface area contributed by atoms with E-state index in [0.717, 1.165) is 23.5 Å². The number of imidazole rings is 1. The van der Waals surface area contributed by atoms with E-state index >= 15 is 0 Å². The van der Waals surface area contributed by atoms with E-state index in [-0.39, 0.29) is 6.04 Å². The van der Waals surface area contributed by atoms with Gasteiger partial charge in [0.1, 0.15) is 5.82 Å². The van der Waals surface area contributed by atoms with Gasteiger partial charge in [0.05, 0.1) is 11.2 Å². The standard InChI is InChI=1S/C12H17N3/c1-4-11-14-12(9(3)13)10-7-8(2)5-6-15(10)11/h5-7,9H,4,13H2,1-3H3. The summed E-state index contributed by atoms with van der Waals surface area (Å²) >= 11 is 0. The van der Waals surface area contributed by atoms with Crippen LogP contribution in [0.5, 0.6) is 0 Å². The van der Waals surface area contributed by atoms with Crippen molar-refractivity contribution in [3.63, 3.8) is 0 Å². The van der Waals surface area contributed by atoms with E-state index in [1.807, 2.05) is 6.92 Å². The first-order valence-corrected chi connectivity index (χ1v) is 5.36. The summed E-state index contributed by atoms with van der Waals surface area (Å²) in [6.07, 6.45) is 3.00. The number of hydrogen-bond acceptors (Lipinski definition) is 2. The van der Waals surface area contributed by atoms with E-state index in [2.05, 4.69) is 41.6 Å². The molecule has 1 atom stereocenters. The second-order valence-electron chi connectivity index (χ2n) is 4.01. The minimum Gasteiger partial charge on any atom is -0.323 e. The van der Waals surface area contributed by atoms with Crippen molar-refractivity contribution in [2.45, 2.75) is 33.2 Å². The fraction of sp³-hybridized carbons (Fsp3) is 0.417. The van der Waals surface area contributed by atoms with Crippen molar-refractivity contribution in [2.24, 2.45) is 5.73 Å². The molecule has 3 nitrogen and oxygen atoms in total. The van der Waals surface area contributed by atoms with Gasteiger partial charge in [-0.2, -0.15) is 0 Å². The lowest BCUT2D eigenvalue weighted by Gasteiger charge is -2.02. The van der Waals surface area contributed by atoms with Gasteiger partial charge in [-0.25, -0.2) is 4.98 Å². The average molecular weight is 203 g/mol. The highest BCUT2D eigenvalue weighted by Gasteiger charge is 2.12. The molecule has 80 valence electrons. The Kier molecular flexibility index (Phi) is 2.49. The lowest BCUT2D eigenvalue weighted by atomic mass is 10.2. The second kappa shape index (κ2) is 3.66. The molecule has 2 aromatic heterocycles. The Balaban J connectivity index is 2.76. The molecule has 2 rings (SSSR count). The fourth-order valence-corrected chi connectivity index (χ4v) is 1.86. The molecule has 0 aliphatic carbocycles. The summed E-state index contributed by atoms with van der Waals surface area (Å²) in [5.74, 6) is 1.08. The third-order valence-corrected chi connectivity index (χ3v) is 2.65. The van der Waals surface area contributed by atoms with Crippen LogP contribution in [0.2, 0.25) is 0 Å². The van der Waals surface area contributed by atoms with Gasteiger partial charge in [-0.05, 0) is 31.5 Å². The summed E-state index contributed by atoms with van der Waals surface area (Å²) in [5, 5.41) is 0. The van der Waals surface area contributed by atoms with Crippen molar-refractivity contribution in [1.82, 2.24) is 9.38 Å². The van der Waals surface area contributed by atoms with Crippen molar-refractivity contribution in [3.05, 3.63) is 35.4 Å². The van der Waals surface area contributed by atoms with Gasteiger partial charge >= 0.3 is 0 Å². The van der Waals surface area contributed by atoms with Gasteiger partial charge in [0, 0.05) is 18.7 Å². The van der Waals surface area contributed by atoms with Gasteiger partial charge < -0.3 is 10.1 Å². The van der Waals surface area contributed by atoms with E-state index in [1.165, 1.54) is 5.56 Å². The van der Waals surface area contributed by atoms with E-state index in [4.69, 9.17) is 5.73 Å². The highest BCUT2D eigenvalue weighted by atomic mass is 15.0. The van der Waals surface area contributed by atoms with Gasteiger partial charge in [-0.1, -0.05) is 6.92 Å². The lowest BCUT2D eigenvalue weighted by Crippen LogP contribution is -2.05. The first kappa shape index (κ1) is 10.2. The number of pyridine rings is 1. The molecule has 0 saturated heterocycles. The molecule has 15 heavy (non-hydrogen) atoms. The van der Waals surface area contributed by atoms with E-state index < -0.39 is 0 Å². The molecule has 0 fully saturated rings. The third kappa shape index (κ3) is 1.63. The molecule has 0 radical (unpaired) electrons. The number of aryl methyl sites for hydroxylation is 2. The van der Waals surface area contributed by atoms with Gasteiger partial charge in [0.25, 0.3) is 0 Å². The number of nitrogens with two attached hydrogens (primary N) is 1. The van der Waals surface area contributed by atoms with Crippen molar-refractivity contribution in [2.75, 3.05) is 0 Å². The molecule has 0 bridgehead atoms. The van der Waals surface area contributed by atoms with Crippen LogP contribution in [0.1, 0.15) is 37.0 Å². The maximum atomic E-state index is 5.92. The number of fused-ring (bicyclic) bond motifs is 1. The fourth-order valence-electron chi connectivity index (χ4n) is 1.86. The Labute approximate surface area is 89.9 Å². The molecule has 2 N–H and O–H groups in total. The Hall–Kier alpha value is -1.35. The molecule has 0 saturated carbocycles. The topological polar surface area (TPSA) is 43.3 Å². The molecule has 0 spiro atoms. The number of aromatic nitrogens is 2. The minimum absolute atomic E-state index is 0.0119. The monoisotopic (exact) mass is 203 g/mol. The quantitative estimate of drug-likeness (QED) is 0.813. The Morgan fingerprint density at radius 2 is 2.27 bits per heavy atom. The Bertz CT molecular complexity index is 483. The van der Waals surface area contributed by atoms with E-state index in [0.29, 0.717) is 0 Å². The van der Waals surface area contributed by atoms with Crippen molar-refractivity contribution in [1.29, 1.82) is 0 Å². The maximum absolute atomic E-state index is 5.92. The van der Waals surface area contributed by atoms with Gasteiger partial charge in [0.2, 0.25) is 0 Å². The van der Waals surface area contributed by atoms with Crippen molar-refractivity contribution < 1.29 is 0 Å². The SMILES string of the molecule is CCc1nc(C(C)N)c2cc(C)ccn12. The molecule has 3 heteroatoms. The van der Waals surface area contributed by atoms with Gasteiger partial charge in [-0.3, -0.25) is 0 Å². The molecular weight excluding hydrogens is 186 g/mol. The first-order chi connectivity index (χ1) is 7.13. The number of nitrogens with zero attached hydrogens (tertiary/aromatic N) is 2. The van der Waals surface area contributed by atoms with E-state index in [1.54, 1.807) is 0 Å². The predicted molar refractivity (Wildman–Crippen MR) is 61.9 cm³/mol. The first-order valence-electron chi connectivity index (χ1n) is 5.36. The zero-order valence-corrected chi connectivity index (χ0v) is 9.49. The van der Waals surface area contributed by atoms with Crippen LogP contribution < -0.4 is 5.73 Å². The molecule has 1 unspecified atom stereocenters. The van der Waals surface area contributed by atoms with Crippen LogP contribution >= 0.6 is 0 Å². The summed E-state index contributed by atoms with van der Waals surface area (Å²) in [6.45, 7) is 6.17.